The van der Waals surface area contributed by atoms with Crippen molar-refractivity contribution in [3.8, 4) is 17.2 Å². The maximum atomic E-state index is 13.2. The fourth-order valence-electron chi connectivity index (χ4n) is 1.83. The van der Waals surface area contributed by atoms with Gasteiger partial charge in [0.25, 0.3) is 0 Å². The van der Waals surface area contributed by atoms with Crippen molar-refractivity contribution in [1.29, 1.82) is 5.26 Å². The quantitative estimate of drug-likeness (QED) is 0.818. The van der Waals surface area contributed by atoms with Crippen molar-refractivity contribution in [2.24, 2.45) is 0 Å². The van der Waals surface area contributed by atoms with Crippen LogP contribution in [0.25, 0.3) is 11.1 Å². The largest absolute Gasteiger partial charge is 0.444 e. The third-order valence-corrected chi connectivity index (χ3v) is 2.67. The van der Waals surface area contributed by atoms with Crippen LogP contribution in [0, 0.1) is 31.0 Å². The highest BCUT2D eigenvalue weighted by atomic mass is 19.1. The summed E-state index contributed by atoms with van der Waals surface area (Å²) in [5.74, 6) is 0.383. The van der Waals surface area contributed by atoms with Crippen LogP contribution < -0.4 is 5.73 Å². The standard InChI is InChI=1S/C13H11FN2O/c1-7-5-9(3-4-11(7)14)12-8(2)17-13(16)10(12)6-15/h3-5H,16H2,1-2H3. The Balaban J connectivity index is 2.69. The number of anilines is 1. The average molecular weight is 230 g/mol. The minimum absolute atomic E-state index is 0.0991. The van der Waals surface area contributed by atoms with Crippen LogP contribution in [-0.4, -0.2) is 0 Å². The number of hydrogen-bond acceptors (Lipinski definition) is 3. The summed E-state index contributed by atoms with van der Waals surface area (Å²) in [6, 6.07) is 6.66. The highest BCUT2D eigenvalue weighted by Gasteiger charge is 2.17. The van der Waals surface area contributed by atoms with E-state index < -0.39 is 0 Å². The van der Waals surface area contributed by atoms with Crippen molar-refractivity contribution in [2.75, 3.05) is 5.73 Å². The van der Waals surface area contributed by atoms with Gasteiger partial charge in [-0.15, -0.1) is 0 Å². The fourth-order valence-corrected chi connectivity index (χ4v) is 1.83. The van der Waals surface area contributed by atoms with Crippen LogP contribution in [0.3, 0.4) is 0 Å². The van der Waals surface area contributed by atoms with Crippen molar-refractivity contribution < 1.29 is 8.81 Å². The molecule has 17 heavy (non-hydrogen) atoms. The molecule has 2 aromatic rings. The van der Waals surface area contributed by atoms with Gasteiger partial charge in [-0.3, -0.25) is 0 Å². The van der Waals surface area contributed by atoms with Gasteiger partial charge in [0.15, 0.2) is 0 Å². The lowest BCUT2D eigenvalue weighted by molar-refractivity contribution is 0.554. The van der Waals surface area contributed by atoms with E-state index in [0.29, 0.717) is 22.5 Å². The monoisotopic (exact) mass is 230 g/mol. The molecule has 86 valence electrons. The van der Waals surface area contributed by atoms with E-state index in [1.54, 1.807) is 26.0 Å². The predicted octanol–water partition coefficient (Wildman–Crippen LogP) is 3.16. The number of hydrogen-bond donors (Lipinski definition) is 1. The zero-order valence-corrected chi connectivity index (χ0v) is 9.54. The third kappa shape index (κ3) is 1.76. The lowest BCUT2D eigenvalue weighted by Gasteiger charge is -2.02. The minimum atomic E-state index is -0.277. The summed E-state index contributed by atoms with van der Waals surface area (Å²) in [6.45, 7) is 3.40. The lowest BCUT2D eigenvalue weighted by atomic mass is 10.00. The Kier molecular flexibility index (Phi) is 2.60. The summed E-state index contributed by atoms with van der Waals surface area (Å²) in [5, 5.41) is 9.03. The van der Waals surface area contributed by atoms with Gasteiger partial charge in [-0.2, -0.15) is 5.26 Å². The van der Waals surface area contributed by atoms with E-state index in [4.69, 9.17) is 15.4 Å². The van der Waals surface area contributed by atoms with Crippen LogP contribution >= 0.6 is 0 Å². The van der Waals surface area contributed by atoms with Gasteiger partial charge < -0.3 is 10.2 Å². The van der Waals surface area contributed by atoms with Crippen molar-refractivity contribution >= 4 is 5.88 Å². The molecular formula is C13H11FN2O. The highest BCUT2D eigenvalue weighted by molar-refractivity contribution is 5.77. The number of nitrogen functional groups attached to an aromatic ring is 1. The van der Waals surface area contributed by atoms with Crippen molar-refractivity contribution in [1.82, 2.24) is 0 Å². The second-order valence-electron chi connectivity index (χ2n) is 3.85. The van der Waals surface area contributed by atoms with E-state index in [0.717, 1.165) is 5.56 Å². The molecule has 0 aliphatic carbocycles. The molecule has 0 bridgehead atoms. The molecule has 0 atom stereocenters. The highest BCUT2D eigenvalue weighted by Crippen LogP contribution is 2.33. The molecule has 1 heterocycles. The first-order valence-electron chi connectivity index (χ1n) is 5.10. The number of nitrogens with zero attached hydrogens (tertiary/aromatic N) is 1. The topological polar surface area (TPSA) is 62.9 Å². The second-order valence-corrected chi connectivity index (χ2v) is 3.85. The van der Waals surface area contributed by atoms with Gasteiger partial charge in [-0.25, -0.2) is 4.39 Å². The minimum Gasteiger partial charge on any atom is -0.444 e. The predicted molar refractivity (Wildman–Crippen MR) is 62.7 cm³/mol. The molecule has 4 heteroatoms. The average Bonchev–Trinajstić information content (AvgIpc) is 2.57. The Morgan fingerprint density at radius 2 is 2.06 bits per heavy atom. The Morgan fingerprint density at radius 1 is 1.35 bits per heavy atom. The van der Waals surface area contributed by atoms with E-state index in [9.17, 15) is 4.39 Å². The Bertz CT molecular complexity index is 623. The van der Waals surface area contributed by atoms with Gasteiger partial charge in [0.2, 0.25) is 5.88 Å². The van der Waals surface area contributed by atoms with E-state index in [1.165, 1.54) is 6.07 Å². The molecule has 0 saturated heterocycles. The first-order valence-corrected chi connectivity index (χ1v) is 5.10. The van der Waals surface area contributed by atoms with Crippen LogP contribution in [-0.2, 0) is 0 Å². The van der Waals surface area contributed by atoms with Crippen LogP contribution in [0.4, 0.5) is 10.3 Å². The number of nitriles is 1. The number of nitrogens with two attached hydrogens (primary N) is 1. The van der Waals surface area contributed by atoms with E-state index in [2.05, 4.69) is 0 Å². The maximum absolute atomic E-state index is 13.2. The van der Waals surface area contributed by atoms with Crippen molar-refractivity contribution in [3.05, 3.63) is 40.9 Å². The molecule has 0 amide bonds. The summed E-state index contributed by atoms with van der Waals surface area (Å²) in [6.07, 6.45) is 0. The summed E-state index contributed by atoms with van der Waals surface area (Å²) in [5.41, 5.74) is 7.78. The number of rotatable bonds is 1. The first-order chi connectivity index (χ1) is 8.04. The van der Waals surface area contributed by atoms with Crippen molar-refractivity contribution in [3.63, 3.8) is 0 Å². The summed E-state index contributed by atoms with van der Waals surface area (Å²) < 4.78 is 18.4. The molecule has 2 rings (SSSR count). The summed E-state index contributed by atoms with van der Waals surface area (Å²) in [7, 11) is 0. The van der Waals surface area contributed by atoms with Gasteiger partial charge in [-0.05, 0) is 37.1 Å². The maximum Gasteiger partial charge on any atom is 0.209 e. The zero-order chi connectivity index (χ0) is 12.6. The van der Waals surface area contributed by atoms with Crippen LogP contribution in [0.5, 0.6) is 0 Å². The number of benzene rings is 1. The lowest BCUT2D eigenvalue weighted by Crippen LogP contribution is -1.88. The normalized spacial score (nSPS) is 10.2. The van der Waals surface area contributed by atoms with Gasteiger partial charge in [0.05, 0.1) is 0 Å². The molecule has 0 saturated carbocycles. The Morgan fingerprint density at radius 3 is 2.65 bits per heavy atom. The Labute approximate surface area is 98.3 Å². The molecule has 1 aromatic carbocycles. The molecule has 3 nitrogen and oxygen atoms in total. The first kappa shape index (κ1) is 11.2. The van der Waals surface area contributed by atoms with Crippen LogP contribution in [0.15, 0.2) is 22.6 Å². The molecule has 0 aliphatic rings. The number of halogens is 1. The molecule has 0 aliphatic heterocycles. The van der Waals surface area contributed by atoms with Crippen LogP contribution in [0.2, 0.25) is 0 Å². The van der Waals surface area contributed by atoms with Gasteiger partial charge >= 0.3 is 0 Å². The van der Waals surface area contributed by atoms with Crippen molar-refractivity contribution in [2.45, 2.75) is 13.8 Å². The summed E-state index contributed by atoms with van der Waals surface area (Å²) in [4.78, 5) is 0. The molecule has 0 spiro atoms. The molecule has 0 radical (unpaired) electrons. The van der Waals surface area contributed by atoms with Crippen LogP contribution in [0.1, 0.15) is 16.9 Å². The molecular weight excluding hydrogens is 219 g/mol. The van der Waals surface area contributed by atoms with Gasteiger partial charge in [-0.1, -0.05) is 6.07 Å². The third-order valence-electron chi connectivity index (χ3n) is 2.67. The van der Waals surface area contributed by atoms with Gasteiger partial charge in [0, 0.05) is 5.56 Å². The molecule has 0 fully saturated rings. The van der Waals surface area contributed by atoms with E-state index >= 15 is 0 Å². The SMILES string of the molecule is Cc1cc(-c2c(C)oc(N)c2C#N)ccc1F. The fraction of sp³-hybridized carbons (Fsp3) is 0.154. The molecule has 2 N–H and O–H groups in total. The smallest absolute Gasteiger partial charge is 0.209 e. The molecule has 1 aromatic heterocycles. The molecule has 0 unspecified atom stereocenters. The summed E-state index contributed by atoms with van der Waals surface area (Å²) >= 11 is 0. The second kappa shape index (κ2) is 3.95. The van der Waals surface area contributed by atoms with Gasteiger partial charge in [0.1, 0.15) is 23.2 Å². The van der Waals surface area contributed by atoms with E-state index in [-0.39, 0.29) is 11.7 Å². The number of aryl methyl sites for hydroxylation is 2. The van der Waals surface area contributed by atoms with E-state index in [1.807, 2.05) is 6.07 Å². The Hall–Kier alpha value is -2.28. The zero-order valence-electron chi connectivity index (χ0n) is 9.54. The number of furan rings is 1.